The maximum atomic E-state index is 12.8. The van der Waals surface area contributed by atoms with E-state index < -0.39 is 17.9 Å². The quantitative estimate of drug-likeness (QED) is 0.267. The minimum Gasteiger partial charge on any atom is -0.480 e. The molecule has 0 aliphatic carbocycles. The van der Waals surface area contributed by atoms with Crippen molar-refractivity contribution >= 4 is 22.8 Å². The molecule has 0 unspecified atom stereocenters. The standard InChI is InChI=1S/C33H32N4O3/c1-33(2,3)25-14-12-23(13-15-25)31(38)36-28(32(39)40)18-21-8-10-22(11-9-21)30-34-19-24(20-35-30)26-6-5-7-29-27(26)16-17-37(29)4/h5-17,19-20,28H,18H2,1-4H3,(H,36,38)(H,39,40)/t28-/m0/s1. The predicted molar refractivity (Wildman–Crippen MR) is 157 cm³/mol. The molecule has 40 heavy (non-hydrogen) atoms. The number of amides is 1. The van der Waals surface area contributed by atoms with Crippen LogP contribution in [0.5, 0.6) is 0 Å². The molecule has 0 saturated heterocycles. The topological polar surface area (TPSA) is 97.1 Å². The number of carbonyl (C=O) groups is 2. The van der Waals surface area contributed by atoms with Crippen molar-refractivity contribution in [2.45, 2.75) is 38.6 Å². The first-order valence-corrected chi connectivity index (χ1v) is 13.2. The molecule has 2 heterocycles. The highest BCUT2D eigenvalue weighted by atomic mass is 16.4. The SMILES string of the molecule is Cn1ccc2c(-c3cnc(-c4ccc(C[C@H](NC(=O)c5ccc(C(C)(C)C)cc5)C(=O)O)cc4)nc3)cccc21. The zero-order chi connectivity index (χ0) is 28.4. The van der Waals surface area contributed by atoms with Crippen molar-refractivity contribution in [2.75, 3.05) is 0 Å². The average molecular weight is 533 g/mol. The second-order valence-corrected chi connectivity index (χ2v) is 11.1. The molecule has 5 aromatic rings. The molecule has 3 aromatic carbocycles. The van der Waals surface area contributed by atoms with Crippen molar-refractivity contribution in [3.8, 4) is 22.5 Å². The lowest BCUT2D eigenvalue weighted by Gasteiger charge is -2.19. The first-order chi connectivity index (χ1) is 19.1. The smallest absolute Gasteiger partial charge is 0.326 e. The number of aryl methyl sites for hydroxylation is 1. The molecule has 202 valence electrons. The molecule has 0 spiro atoms. The summed E-state index contributed by atoms with van der Waals surface area (Å²) in [5.74, 6) is -0.919. The minimum atomic E-state index is -1.09. The fraction of sp³-hybridized carbons (Fsp3) is 0.212. The van der Waals surface area contributed by atoms with Gasteiger partial charge in [0.1, 0.15) is 6.04 Å². The highest BCUT2D eigenvalue weighted by Gasteiger charge is 2.22. The zero-order valence-corrected chi connectivity index (χ0v) is 23.1. The number of benzene rings is 3. The van der Waals surface area contributed by atoms with E-state index in [9.17, 15) is 14.7 Å². The Hall–Kier alpha value is -4.78. The first-order valence-electron chi connectivity index (χ1n) is 13.2. The van der Waals surface area contributed by atoms with Crippen LogP contribution in [0.25, 0.3) is 33.4 Å². The molecule has 2 aromatic heterocycles. The van der Waals surface area contributed by atoms with E-state index in [1.807, 2.05) is 68.1 Å². The monoisotopic (exact) mass is 532 g/mol. The Kier molecular flexibility index (Phi) is 7.22. The molecular weight excluding hydrogens is 500 g/mol. The van der Waals surface area contributed by atoms with Crippen molar-refractivity contribution in [3.05, 3.63) is 108 Å². The number of carbonyl (C=O) groups excluding carboxylic acids is 1. The molecule has 5 rings (SSSR count). The Morgan fingerprint density at radius 1 is 0.900 bits per heavy atom. The third-order valence-electron chi connectivity index (χ3n) is 7.16. The van der Waals surface area contributed by atoms with Gasteiger partial charge in [0.2, 0.25) is 0 Å². The van der Waals surface area contributed by atoms with Gasteiger partial charge >= 0.3 is 5.97 Å². The maximum Gasteiger partial charge on any atom is 0.326 e. The van der Waals surface area contributed by atoms with Crippen molar-refractivity contribution in [3.63, 3.8) is 0 Å². The number of aliphatic carboxylic acids is 1. The van der Waals surface area contributed by atoms with Gasteiger partial charge in [-0.15, -0.1) is 0 Å². The molecule has 0 aliphatic heterocycles. The Bertz CT molecular complexity index is 1660. The summed E-state index contributed by atoms with van der Waals surface area (Å²) in [6, 6.07) is 21.9. The second kappa shape index (κ2) is 10.8. The minimum absolute atomic E-state index is 0.0331. The van der Waals surface area contributed by atoms with E-state index in [0.717, 1.165) is 38.7 Å². The number of aromatic nitrogens is 3. The van der Waals surface area contributed by atoms with Crippen LogP contribution in [0, 0.1) is 0 Å². The van der Waals surface area contributed by atoms with E-state index in [4.69, 9.17) is 0 Å². The van der Waals surface area contributed by atoms with Gasteiger partial charge in [-0.05, 0) is 46.4 Å². The van der Waals surface area contributed by atoms with Crippen molar-refractivity contribution < 1.29 is 14.7 Å². The third-order valence-corrected chi connectivity index (χ3v) is 7.16. The molecule has 1 amide bonds. The molecule has 7 nitrogen and oxygen atoms in total. The summed E-state index contributed by atoms with van der Waals surface area (Å²) < 4.78 is 2.08. The predicted octanol–water partition coefficient (Wildman–Crippen LogP) is 6.03. The van der Waals surface area contributed by atoms with Crippen LogP contribution in [0.4, 0.5) is 0 Å². The normalized spacial score (nSPS) is 12.3. The highest BCUT2D eigenvalue weighted by Crippen LogP contribution is 2.29. The van der Waals surface area contributed by atoms with Gasteiger partial charge in [0.25, 0.3) is 5.91 Å². The number of nitrogens with zero attached hydrogens (tertiary/aromatic N) is 3. The number of rotatable bonds is 7. The van der Waals surface area contributed by atoms with Crippen LogP contribution in [-0.4, -0.2) is 37.6 Å². The second-order valence-electron chi connectivity index (χ2n) is 11.1. The highest BCUT2D eigenvalue weighted by molar-refractivity contribution is 5.97. The van der Waals surface area contributed by atoms with E-state index in [0.29, 0.717) is 11.4 Å². The lowest BCUT2D eigenvalue weighted by Crippen LogP contribution is -2.42. The van der Waals surface area contributed by atoms with Gasteiger partial charge < -0.3 is 15.0 Å². The molecule has 0 fully saturated rings. The number of carboxylic acid groups (broad SMARTS) is 1. The molecule has 2 N–H and O–H groups in total. The molecule has 0 aliphatic rings. The number of nitrogens with one attached hydrogen (secondary N) is 1. The number of hydrogen-bond donors (Lipinski definition) is 2. The zero-order valence-electron chi connectivity index (χ0n) is 23.1. The lowest BCUT2D eigenvalue weighted by atomic mass is 9.86. The summed E-state index contributed by atoms with van der Waals surface area (Å²) >= 11 is 0. The lowest BCUT2D eigenvalue weighted by molar-refractivity contribution is -0.139. The van der Waals surface area contributed by atoms with E-state index >= 15 is 0 Å². The summed E-state index contributed by atoms with van der Waals surface area (Å²) in [4.78, 5) is 33.9. The summed E-state index contributed by atoms with van der Waals surface area (Å²) in [6.45, 7) is 6.30. The summed E-state index contributed by atoms with van der Waals surface area (Å²) in [7, 11) is 2.02. The van der Waals surface area contributed by atoms with Crippen LogP contribution >= 0.6 is 0 Å². The van der Waals surface area contributed by atoms with Crippen LogP contribution in [0.1, 0.15) is 42.3 Å². The fourth-order valence-electron chi connectivity index (χ4n) is 4.76. The van der Waals surface area contributed by atoms with E-state index in [2.05, 4.69) is 58.8 Å². The Balaban J connectivity index is 1.27. The summed E-state index contributed by atoms with van der Waals surface area (Å²) in [5, 5.41) is 13.6. The van der Waals surface area contributed by atoms with E-state index in [1.165, 1.54) is 0 Å². The molecule has 7 heteroatoms. The molecule has 0 radical (unpaired) electrons. The van der Waals surface area contributed by atoms with Gasteiger partial charge in [-0.2, -0.15) is 0 Å². The summed E-state index contributed by atoms with van der Waals surface area (Å²) in [5.41, 5.74) is 6.26. The van der Waals surface area contributed by atoms with E-state index in [1.54, 1.807) is 12.1 Å². The van der Waals surface area contributed by atoms with Crippen LogP contribution in [0.15, 0.2) is 91.4 Å². The van der Waals surface area contributed by atoms with Gasteiger partial charge in [-0.3, -0.25) is 4.79 Å². The van der Waals surface area contributed by atoms with Crippen molar-refractivity contribution in [1.82, 2.24) is 19.9 Å². The van der Waals surface area contributed by atoms with Crippen LogP contribution in [0.3, 0.4) is 0 Å². The third kappa shape index (κ3) is 5.64. The molecular formula is C33H32N4O3. The van der Waals surface area contributed by atoms with Gasteiger partial charge in [0.05, 0.1) is 0 Å². The largest absolute Gasteiger partial charge is 0.480 e. The average Bonchev–Trinajstić information content (AvgIpc) is 3.33. The van der Waals surface area contributed by atoms with Crippen LogP contribution in [0.2, 0.25) is 0 Å². The van der Waals surface area contributed by atoms with Gasteiger partial charge in [0, 0.05) is 59.7 Å². The summed E-state index contributed by atoms with van der Waals surface area (Å²) in [6.07, 6.45) is 5.84. The Morgan fingerprint density at radius 2 is 1.57 bits per heavy atom. The fourth-order valence-corrected chi connectivity index (χ4v) is 4.76. The van der Waals surface area contributed by atoms with Gasteiger partial charge in [0.15, 0.2) is 5.82 Å². The molecule has 1 atom stereocenters. The maximum absolute atomic E-state index is 12.8. The van der Waals surface area contributed by atoms with E-state index in [-0.39, 0.29) is 11.8 Å². The molecule has 0 bridgehead atoms. The number of fused-ring (bicyclic) bond motifs is 1. The van der Waals surface area contributed by atoms with Crippen LogP contribution in [-0.2, 0) is 23.7 Å². The Labute approximate surface area is 233 Å². The number of hydrogen-bond acceptors (Lipinski definition) is 4. The molecule has 0 saturated carbocycles. The van der Waals surface area contributed by atoms with Gasteiger partial charge in [-0.25, -0.2) is 14.8 Å². The Morgan fingerprint density at radius 3 is 2.20 bits per heavy atom. The van der Waals surface area contributed by atoms with Crippen molar-refractivity contribution in [1.29, 1.82) is 0 Å². The first kappa shape index (κ1) is 26.8. The van der Waals surface area contributed by atoms with Gasteiger partial charge in [-0.1, -0.05) is 69.3 Å². The number of carboxylic acids is 1. The van der Waals surface area contributed by atoms with Crippen molar-refractivity contribution in [2.24, 2.45) is 7.05 Å². The van der Waals surface area contributed by atoms with Crippen LogP contribution < -0.4 is 5.32 Å².